The van der Waals surface area contributed by atoms with Crippen molar-refractivity contribution in [2.75, 3.05) is 6.54 Å². The minimum absolute atomic E-state index is 0.0139. The van der Waals surface area contributed by atoms with Crippen LogP contribution in [0.3, 0.4) is 0 Å². The Balaban J connectivity index is 1.58. The molecular formula is C17H21N3O. The smallest absolute Gasteiger partial charge is 0.251 e. The molecule has 1 saturated carbocycles. The molecule has 21 heavy (non-hydrogen) atoms. The largest absolute Gasteiger partial charge is 0.352 e. The molecule has 1 aliphatic rings. The molecule has 0 radical (unpaired) electrons. The third kappa shape index (κ3) is 3.15. The second-order valence-electron chi connectivity index (χ2n) is 5.79. The highest BCUT2D eigenvalue weighted by Crippen LogP contribution is 2.36. The molecule has 4 nitrogen and oxygen atoms in total. The average Bonchev–Trinajstić information content (AvgIpc) is 3.23. The second-order valence-corrected chi connectivity index (χ2v) is 5.79. The first-order valence-corrected chi connectivity index (χ1v) is 7.52. The van der Waals surface area contributed by atoms with Gasteiger partial charge in [0.25, 0.3) is 5.91 Å². The van der Waals surface area contributed by atoms with Gasteiger partial charge >= 0.3 is 0 Å². The number of nitrogens with zero attached hydrogens (tertiary/aromatic N) is 2. The van der Waals surface area contributed by atoms with E-state index < -0.39 is 0 Å². The minimum atomic E-state index is -0.0139. The lowest BCUT2D eigenvalue weighted by Crippen LogP contribution is -2.26. The van der Waals surface area contributed by atoms with E-state index >= 15 is 0 Å². The average molecular weight is 283 g/mol. The van der Waals surface area contributed by atoms with E-state index in [1.54, 1.807) is 0 Å². The lowest BCUT2D eigenvalue weighted by atomic mass is 10.1. The van der Waals surface area contributed by atoms with Crippen LogP contribution in [-0.4, -0.2) is 22.0 Å². The van der Waals surface area contributed by atoms with Crippen LogP contribution in [-0.2, 0) is 6.42 Å². The van der Waals surface area contributed by atoms with E-state index in [-0.39, 0.29) is 5.91 Å². The minimum Gasteiger partial charge on any atom is -0.352 e. The highest BCUT2D eigenvalue weighted by atomic mass is 16.1. The number of aryl methyl sites for hydroxylation is 2. The van der Waals surface area contributed by atoms with Crippen LogP contribution in [0.25, 0.3) is 0 Å². The molecule has 0 saturated heterocycles. The normalized spacial score (nSPS) is 14.2. The molecule has 1 heterocycles. The first-order chi connectivity index (χ1) is 10.1. The lowest BCUT2D eigenvalue weighted by molar-refractivity contribution is 0.0954. The fourth-order valence-corrected chi connectivity index (χ4v) is 2.69. The Labute approximate surface area is 125 Å². The van der Waals surface area contributed by atoms with Crippen LogP contribution in [0.15, 0.2) is 30.5 Å². The van der Waals surface area contributed by atoms with Gasteiger partial charge in [0.2, 0.25) is 0 Å². The molecule has 0 bridgehead atoms. The number of amides is 1. The number of carbonyl (C=O) groups excluding carboxylic acids is 1. The molecule has 2 aromatic rings. The molecule has 0 atom stereocenters. The molecule has 1 aromatic heterocycles. The Morgan fingerprint density at radius 1 is 1.38 bits per heavy atom. The Hall–Kier alpha value is -2.10. The van der Waals surface area contributed by atoms with Crippen molar-refractivity contribution in [3.05, 3.63) is 53.1 Å². The van der Waals surface area contributed by atoms with Gasteiger partial charge in [-0.05, 0) is 38.8 Å². The third-order valence-corrected chi connectivity index (χ3v) is 3.88. The maximum absolute atomic E-state index is 12.1. The molecule has 110 valence electrons. The van der Waals surface area contributed by atoms with Gasteiger partial charge in [0.1, 0.15) is 5.82 Å². The van der Waals surface area contributed by atoms with Gasteiger partial charge < -0.3 is 9.88 Å². The quantitative estimate of drug-likeness (QED) is 0.917. The summed E-state index contributed by atoms with van der Waals surface area (Å²) in [7, 11) is 0. The van der Waals surface area contributed by atoms with Gasteiger partial charge in [-0.2, -0.15) is 0 Å². The maximum atomic E-state index is 12.1. The molecule has 0 spiro atoms. The zero-order valence-corrected chi connectivity index (χ0v) is 12.6. The Bertz CT molecular complexity index is 656. The van der Waals surface area contributed by atoms with Crippen LogP contribution in [0, 0.1) is 13.8 Å². The summed E-state index contributed by atoms with van der Waals surface area (Å²) in [5.74, 6) is 1.07. The summed E-state index contributed by atoms with van der Waals surface area (Å²) in [5, 5.41) is 2.98. The topological polar surface area (TPSA) is 46.9 Å². The van der Waals surface area contributed by atoms with E-state index in [2.05, 4.69) is 21.8 Å². The number of hydrogen-bond acceptors (Lipinski definition) is 2. The number of aromatic nitrogens is 2. The first kappa shape index (κ1) is 13.9. The molecule has 3 rings (SSSR count). The maximum Gasteiger partial charge on any atom is 0.251 e. The second kappa shape index (κ2) is 5.72. The van der Waals surface area contributed by atoms with E-state index in [1.165, 1.54) is 18.5 Å². The molecule has 0 aliphatic heterocycles. The number of benzene rings is 1. The van der Waals surface area contributed by atoms with Crippen molar-refractivity contribution in [1.82, 2.24) is 14.9 Å². The molecule has 1 fully saturated rings. The van der Waals surface area contributed by atoms with Crippen molar-refractivity contribution in [2.45, 2.75) is 39.2 Å². The van der Waals surface area contributed by atoms with E-state index in [4.69, 9.17) is 0 Å². The predicted octanol–water partition coefficient (Wildman–Crippen LogP) is 2.81. The molecule has 1 amide bonds. The van der Waals surface area contributed by atoms with E-state index in [0.29, 0.717) is 12.6 Å². The number of rotatable bonds is 5. The van der Waals surface area contributed by atoms with Crippen LogP contribution in [0.1, 0.15) is 46.3 Å². The highest BCUT2D eigenvalue weighted by molar-refractivity contribution is 5.94. The summed E-state index contributed by atoms with van der Waals surface area (Å²) in [6.07, 6.45) is 5.21. The van der Waals surface area contributed by atoms with Crippen LogP contribution in [0.2, 0.25) is 0 Å². The summed E-state index contributed by atoms with van der Waals surface area (Å²) in [4.78, 5) is 16.6. The number of nitrogens with one attached hydrogen (secondary N) is 1. The summed E-state index contributed by atoms with van der Waals surface area (Å²) >= 11 is 0. The van der Waals surface area contributed by atoms with Crippen molar-refractivity contribution in [3.8, 4) is 0 Å². The zero-order chi connectivity index (χ0) is 14.8. The molecule has 1 aromatic carbocycles. The Morgan fingerprint density at radius 3 is 2.90 bits per heavy atom. The number of carbonyl (C=O) groups is 1. The third-order valence-electron chi connectivity index (χ3n) is 3.88. The van der Waals surface area contributed by atoms with Crippen molar-refractivity contribution in [1.29, 1.82) is 0 Å². The summed E-state index contributed by atoms with van der Waals surface area (Å²) < 4.78 is 2.32. The SMILES string of the molecule is Cc1cccc(C(=O)NCCc2ncc(C)n2C2CC2)c1. The zero-order valence-electron chi connectivity index (χ0n) is 12.6. The van der Waals surface area contributed by atoms with E-state index in [9.17, 15) is 4.79 Å². The van der Waals surface area contributed by atoms with Gasteiger partial charge in [-0.1, -0.05) is 17.7 Å². The van der Waals surface area contributed by atoms with Gasteiger partial charge in [-0.25, -0.2) is 4.98 Å². The molecule has 1 aliphatic carbocycles. The Morgan fingerprint density at radius 2 is 2.19 bits per heavy atom. The van der Waals surface area contributed by atoms with Gasteiger partial charge in [-0.15, -0.1) is 0 Å². The van der Waals surface area contributed by atoms with Gasteiger partial charge in [0.05, 0.1) is 0 Å². The molecule has 4 heteroatoms. The van der Waals surface area contributed by atoms with Crippen LogP contribution in [0.5, 0.6) is 0 Å². The molecular weight excluding hydrogens is 262 g/mol. The summed E-state index contributed by atoms with van der Waals surface area (Å²) in [6, 6.07) is 8.29. The lowest BCUT2D eigenvalue weighted by Gasteiger charge is -2.09. The van der Waals surface area contributed by atoms with Crippen molar-refractivity contribution in [2.24, 2.45) is 0 Å². The van der Waals surface area contributed by atoms with Crippen LogP contribution < -0.4 is 5.32 Å². The Kier molecular flexibility index (Phi) is 3.78. The molecule has 0 unspecified atom stereocenters. The monoisotopic (exact) mass is 283 g/mol. The van der Waals surface area contributed by atoms with Gasteiger partial charge in [0.15, 0.2) is 0 Å². The number of hydrogen-bond donors (Lipinski definition) is 1. The molecule has 1 N–H and O–H groups in total. The van der Waals surface area contributed by atoms with Gasteiger partial charge in [-0.3, -0.25) is 4.79 Å². The van der Waals surface area contributed by atoms with Crippen molar-refractivity contribution in [3.63, 3.8) is 0 Å². The predicted molar refractivity (Wildman–Crippen MR) is 82.5 cm³/mol. The van der Waals surface area contributed by atoms with Gasteiger partial charge in [0, 0.05) is 36.5 Å². The fourth-order valence-electron chi connectivity index (χ4n) is 2.69. The first-order valence-electron chi connectivity index (χ1n) is 7.52. The standard InChI is InChI=1S/C17H21N3O/c1-12-4-3-5-14(10-12)17(21)18-9-8-16-19-11-13(2)20(16)15-6-7-15/h3-5,10-11,15H,6-9H2,1-2H3,(H,18,21). The van der Waals surface area contributed by atoms with Crippen LogP contribution >= 0.6 is 0 Å². The summed E-state index contributed by atoms with van der Waals surface area (Å²) in [6.45, 7) is 4.71. The summed E-state index contributed by atoms with van der Waals surface area (Å²) in [5.41, 5.74) is 3.04. The fraction of sp³-hybridized carbons (Fsp3) is 0.412. The number of imidazole rings is 1. The van der Waals surface area contributed by atoms with Crippen molar-refractivity contribution < 1.29 is 4.79 Å². The highest BCUT2D eigenvalue weighted by Gasteiger charge is 2.26. The van der Waals surface area contributed by atoms with E-state index in [1.807, 2.05) is 37.4 Å². The van der Waals surface area contributed by atoms with Crippen molar-refractivity contribution >= 4 is 5.91 Å². The van der Waals surface area contributed by atoms with Crippen LogP contribution in [0.4, 0.5) is 0 Å². The van der Waals surface area contributed by atoms with E-state index in [0.717, 1.165) is 23.4 Å².